The number of hydrogen-bond acceptors (Lipinski definition) is 3. The van der Waals surface area contributed by atoms with Crippen LogP contribution >= 0.6 is 11.6 Å². The minimum absolute atomic E-state index is 0.0142. The van der Waals surface area contributed by atoms with Gasteiger partial charge in [-0.25, -0.2) is 4.39 Å². The molecule has 172 valence electrons. The van der Waals surface area contributed by atoms with Gasteiger partial charge in [0, 0.05) is 63.5 Å². The maximum atomic E-state index is 14.1. The van der Waals surface area contributed by atoms with Gasteiger partial charge in [-0.3, -0.25) is 14.8 Å². The predicted molar refractivity (Wildman–Crippen MR) is 131 cm³/mol. The van der Waals surface area contributed by atoms with Crippen LogP contribution in [0.2, 0.25) is 5.02 Å². The van der Waals surface area contributed by atoms with Crippen LogP contribution in [0.1, 0.15) is 50.2 Å². The zero-order valence-corrected chi connectivity index (χ0v) is 20.2. The van der Waals surface area contributed by atoms with Gasteiger partial charge in [0.05, 0.1) is 6.54 Å². The first kappa shape index (κ1) is 23.4. The Morgan fingerprint density at radius 3 is 2.55 bits per heavy atom. The van der Waals surface area contributed by atoms with Gasteiger partial charge >= 0.3 is 0 Å². The minimum Gasteiger partial charge on any atom is -0.336 e. The Balaban J connectivity index is 1.60. The van der Waals surface area contributed by atoms with E-state index in [9.17, 15) is 9.18 Å². The van der Waals surface area contributed by atoms with Crippen LogP contribution in [0, 0.1) is 5.92 Å². The molecule has 1 aliphatic rings. The van der Waals surface area contributed by atoms with Gasteiger partial charge in [0.25, 0.3) is 5.91 Å². The first-order valence-corrected chi connectivity index (χ1v) is 11.7. The lowest BCUT2D eigenvalue weighted by Crippen LogP contribution is -2.44. The van der Waals surface area contributed by atoms with E-state index in [4.69, 9.17) is 11.6 Å². The molecule has 1 amide bonds. The number of benzene rings is 1. The molecule has 0 N–H and O–H groups in total. The summed E-state index contributed by atoms with van der Waals surface area (Å²) in [6.45, 7) is 8.98. The van der Waals surface area contributed by atoms with Crippen LogP contribution in [0.15, 0.2) is 55.0 Å². The number of carbonyl (C=O) groups is 1. The molecule has 3 heterocycles. The number of nitrogens with zero attached hydrogens (tertiary/aromatic N) is 3. The van der Waals surface area contributed by atoms with Gasteiger partial charge in [-0.15, -0.1) is 0 Å². The summed E-state index contributed by atoms with van der Waals surface area (Å²) in [5.41, 5.74) is 5.08. The van der Waals surface area contributed by atoms with E-state index in [0.717, 1.165) is 27.9 Å². The fraction of sp³-hybridized carbons (Fsp3) is 0.370. The third kappa shape index (κ3) is 5.09. The van der Waals surface area contributed by atoms with Crippen molar-refractivity contribution in [2.45, 2.75) is 45.7 Å². The number of carbonyl (C=O) groups excluding carboxylic acids is 1. The molecule has 1 fully saturated rings. The van der Waals surface area contributed by atoms with E-state index in [2.05, 4.69) is 36.8 Å². The van der Waals surface area contributed by atoms with E-state index in [1.54, 1.807) is 23.2 Å². The summed E-state index contributed by atoms with van der Waals surface area (Å²) in [5, 5.41) is 0.465. The lowest BCUT2D eigenvalue weighted by molar-refractivity contribution is 0.0541. The Bertz CT molecular complexity index is 1170. The summed E-state index contributed by atoms with van der Waals surface area (Å²) >= 11 is 6.60. The Kier molecular flexibility index (Phi) is 6.53. The highest BCUT2D eigenvalue weighted by atomic mass is 35.5. The topological polar surface area (TPSA) is 46.1 Å². The van der Waals surface area contributed by atoms with Crippen LogP contribution in [-0.2, 0) is 5.41 Å². The predicted octanol–water partition coefficient (Wildman–Crippen LogP) is 6.58. The Hall–Kier alpha value is -2.79. The molecule has 4 nitrogen and oxygen atoms in total. The molecule has 2 aromatic heterocycles. The van der Waals surface area contributed by atoms with Crippen LogP contribution < -0.4 is 0 Å². The molecule has 1 aliphatic heterocycles. The maximum Gasteiger partial charge on any atom is 0.254 e. The molecule has 0 unspecified atom stereocenters. The molecule has 0 saturated carbocycles. The average Bonchev–Trinajstić information content (AvgIpc) is 2.80. The SMILES string of the molecule is C[C@@H]1CCN(C(=O)c2ccc(-c3cncc(-c4ccnc(C(C)(C)C)c4)c3)c(Cl)c2)C[C@H]1F. The van der Waals surface area contributed by atoms with Gasteiger partial charge in [-0.05, 0) is 48.2 Å². The van der Waals surface area contributed by atoms with Crippen molar-refractivity contribution < 1.29 is 9.18 Å². The molecule has 1 saturated heterocycles. The molecule has 2 atom stereocenters. The number of rotatable bonds is 3. The normalized spacial score (nSPS) is 18.9. The Morgan fingerprint density at radius 1 is 1.09 bits per heavy atom. The number of amides is 1. The molecular formula is C27H29ClFN3O. The largest absolute Gasteiger partial charge is 0.336 e. The van der Waals surface area contributed by atoms with Crippen molar-refractivity contribution in [3.05, 3.63) is 71.3 Å². The third-order valence-corrected chi connectivity index (χ3v) is 6.59. The number of halogens is 2. The van der Waals surface area contributed by atoms with Gasteiger partial charge in [0.15, 0.2) is 0 Å². The van der Waals surface area contributed by atoms with Crippen molar-refractivity contribution in [1.82, 2.24) is 14.9 Å². The molecule has 3 aromatic rings. The molecule has 0 spiro atoms. The quantitative estimate of drug-likeness (QED) is 0.438. The standard InChI is InChI=1S/C27H29ClFN3O/c1-17-8-10-32(16-24(17)29)26(33)19-5-6-22(23(28)12-19)21-11-20(14-30-15-21)18-7-9-31-25(13-18)27(2,3)4/h5-7,9,11-15,17,24H,8,10,16H2,1-4H3/t17-,24-/m1/s1. The van der Waals surface area contributed by atoms with E-state index in [0.29, 0.717) is 23.6 Å². The van der Waals surface area contributed by atoms with Crippen LogP contribution in [0.5, 0.6) is 0 Å². The molecule has 4 rings (SSSR count). The molecule has 6 heteroatoms. The van der Waals surface area contributed by atoms with E-state index in [1.165, 1.54) is 0 Å². The number of likely N-dealkylation sites (tertiary alicyclic amines) is 1. The summed E-state index contributed by atoms with van der Waals surface area (Å²) in [5.74, 6) is -0.198. The van der Waals surface area contributed by atoms with Gasteiger partial charge in [-0.2, -0.15) is 0 Å². The van der Waals surface area contributed by atoms with E-state index in [1.807, 2.05) is 37.5 Å². The summed E-state index contributed by atoms with van der Waals surface area (Å²) in [6.07, 6.45) is 5.08. The van der Waals surface area contributed by atoms with Crippen LogP contribution in [0.3, 0.4) is 0 Å². The first-order chi connectivity index (χ1) is 15.6. The Labute approximate surface area is 199 Å². The van der Waals surface area contributed by atoms with Crippen LogP contribution in [-0.4, -0.2) is 40.0 Å². The van der Waals surface area contributed by atoms with Crippen molar-refractivity contribution in [1.29, 1.82) is 0 Å². The number of hydrogen-bond donors (Lipinski definition) is 0. The van der Waals surface area contributed by atoms with Crippen molar-refractivity contribution in [2.24, 2.45) is 5.92 Å². The summed E-state index contributed by atoms with van der Waals surface area (Å²) in [7, 11) is 0. The van der Waals surface area contributed by atoms with Gasteiger partial charge in [0.2, 0.25) is 0 Å². The zero-order valence-electron chi connectivity index (χ0n) is 19.5. The Morgan fingerprint density at radius 2 is 1.85 bits per heavy atom. The lowest BCUT2D eigenvalue weighted by atomic mass is 9.90. The molecule has 33 heavy (non-hydrogen) atoms. The number of aromatic nitrogens is 2. The lowest BCUT2D eigenvalue weighted by Gasteiger charge is -2.33. The number of alkyl halides is 1. The second kappa shape index (κ2) is 9.22. The van der Waals surface area contributed by atoms with Gasteiger partial charge in [0.1, 0.15) is 6.17 Å². The molecular weight excluding hydrogens is 437 g/mol. The summed E-state index contributed by atoms with van der Waals surface area (Å²) in [6, 6.07) is 11.4. The van der Waals surface area contributed by atoms with Gasteiger partial charge < -0.3 is 4.90 Å². The fourth-order valence-corrected chi connectivity index (χ4v) is 4.33. The van der Waals surface area contributed by atoms with Gasteiger partial charge in [-0.1, -0.05) is 45.4 Å². The molecule has 1 aromatic carbocycles. The molecule has 0 aliphatic carbocycles. The molecule has 0 bridgehead atoms. The zero-order chi connectivity index (χ0) is 23.8. The second-order valence-corrected chi connectivity index (χ2v) is 10.3. The highest BCUT2D eigenvalue weighted by Crippen LogP contribution is 2.33. The summed E-state index contributed by atoms with van der Waals surface area (Å²) < 4.78 is 14.1. The van der Waals surface area contributed by atoms with Crippen molar-refractivity contribution in [3.63, 3.8) is 0 Å². The first-order valence-electron chi connectivity index (χ1n) is 11.3. The highest BCUT2D eigenvalue weighted by molar-refractivity contribution is 6.33. The minimum atomic E-state index is -0.988. The second-order valence-electron chi connectivity index (χ2n) is 9.87. The van der Waals surface area contributed by atoms with Crippen LogP contribution in [0.4, 0.5) is 4.39 Å². The summed E-state index contributed by atoms with van der Waals surface area (Å²) in [4.78, 5) is 23.4. The average molecular weight is 466 g/mol. The molecule has 0 radical (unpaired) electrons. The van der Waals surface area contributed by atoms with E-state index in [-0.39, 0.29) is 23.8 Å². The monoisotopic (exact) mass is 465 g/mol. The van der Waals surface area contributed by atoms with Crippen molar-refractivity contribution in [3.8, 4) is 22.3 Å². The van der Waals surface area contributed by atoms with Crippen LogP contribution in [0.25, 0.3) is 22.3 Å². The van der Waals surface area contributed by atoms with E-state index < -0.39 is 6.17 Å². The number of pyridine rings is 2. The highest BCUT2D eigenvalue weighted by Gasteiger charge is 2.29. The smallest absolute Gasteiger partial charge is 0.254 e. The van der Waals surface area contributed by atoms with Crippen molar-refractivity contribution >= 4 is 17.5 Å². The van der Waals surface area contributed by atoms with E-state index >= 15 is 0 Å². The number of piperidine rings is 1. The third-order valence-electron chi connectivity index (χ3n) is 6.28. The van der Waals surface area contributed by atoms with Crippen molar-refractivity contribution in [2.75, 3.05) is 13.1 Å². The fourth-order valence-electron chi connectivity index (χ4n) is 4.04. The maximum absolute atomic E-state index is 14.1.